The number of nitrogen functional groups attached to an aromatic ring is 1. The average Bonchev–Trinajstić information content (AvgIpc) is 2.50. The van der Waals surface area contributed by atoms with Crippen molar-refractivity contribution in [2.45, 2.75) is 6.92 Å². The van der Waals surface area contributed by atoms with E-state index in [1.807, 2.05) is 0 Å². The molecule has 0 saturated heterocycles. The summed E-state index contributed by atoms with van der Waals surface area (Å²) in [5, 5.41) is 4.95. The van der Waals surface area contributed by atoms with Crippen molar-refractivity contribution in [2.24, 2.45) is 0 Å². The van der Waals surface area contributed by atoms with E-state index in [0.717, 1.165) is 0 Å². The Morgan fingerprint density at radius 3 is 2.18 bits per heavy atom. The highest BCUT2D eigenvalue weighted by Gasteiger charge is 2.09. The molecule has 0 bridgehead atoms. The Hall–Kier alpha value is -3.09. The van der Waals surface area contributed by atoms with Crippen LogP contribution in [0, 0.1) is 0 Å². The van der Waals surface area contributed by atoms with Crippen LogP contribution in [0.1, 0.15) is 12.5 Å². The van der Waals surface area contributed by atoms with Crippen LogP contribution in [-0.4, -0.2) is 23.3 Å². The number of fused-ring (bicyclic) bond motifs is 1. The van der Waals surface area contributed by atoms with Crippen molar-refractivity contribution in [3.63, 3.8) is 0 Å². The normalized spacial score (nSPS) is 9.55. The smallest absolute Gasteiger partial charge is 0.332 e. The third-order valence-electron chi connectivity index (χ3n) is 2.77. The number of H-pyrrole nitrogens is 2. The van der Waals surface area contributed by atoms with Crippen LogP contribution >= 0.6 is 0 Å². The van der Waals surface area contributed by atoms with Crippen molar-refractivity contribution in [3.05, 3.63) is 57.1 Å². The minimum absolute atomic E-state index is 0.205. The second-order valence-electron chi connectivity index (χ2n) is 4.38. The second-order valence-corrected chi connectivity index (χ2v) is 4.38. The van der Waals surface area contributed by atoms with Crippen LogP contribution in [-0.2, 0) is 9.53 Å². The zero-order valence-corrected chi connectivity index (χ0v) is 12.4. The molecule has 0 aliphatic carbocycles. The van der Waals surface area contributed by atoms with E-state index >= 15 is 0 Å². The van der Waals surface area contributed by atoms with E-state index in [1.165, 1.54) is 13.2 Å². The predicted molar refractivity (Wildman–Crippen MR) is 86.5 cm³/mol. The zero-order valence-electron chi connectivity index (χ0n) is 12.4. The molecule has 0 amide bonds. The molecule has 0 saturated carbocycles. The highest BCUT2D eigenvalue weighted by atomic mass is 16.5. The number of carbonyl (C=O) groups is 1. The summed E-state index contributed by atoms with van der Waals surface area (Å²) < 4.78 is 4.27. The first kappa shape index (κ1) is 17.0. The van der Waals surface area contributed by atoms with Crippen LogP contribution in [0.2, 0.25) is 0 Å². The number of esters is 1. The van der Waals surface area contributed by atoms with Gasteiger partial charge in [-0.1, -0.05) is 25.3 Å². The lowest BCUT2D eigenvalue weighted by molar-refractivity contribution is -0.136. The van der Waals surface area contributed by atoms with Crippen LogP contribution in [0.5, 0.6) is 0 Å². The molecular formula is C15H17N3O4. The summed E-state index contributed by atoms with van der Waals surface area (Å²) in [4.78, 5) is 33.2. The van der Waals surface area contributed by atoms with Gasteiger partial charge in [0.1, 0.15) is 0 Å². The predicted octanol–water partition coefficient (Wildman–Crippen LogP) is 1.18. The zero-order chi connectivity index (χ0) is 16.9. The van der Waals surface area contributed by atoms with Gasteiger partial charge >= 0.3 is 5.97 Å². The van der Waals surface area contributed by atoms with Crippen LogP contribution in [0.15, 0.2) is 40.5 Å². The average molecular weight is 303 g/mol. The number of hydrogen-bond acceptors (Lipinski definition) is 5. The maximum atomic E-state index is 11.5. The number of rotatable bonds is 2. The van der Waals surface area contributed by atoms with E-state index in [0.29, 0.717) is 11.1 Å². The molecule has 2 aromatic rings. The maximum Gasteiger partial charge on any atom is 0.332 e. The highest BCUT2D eigenvalue weighted by Crippen LogP contribution is 2.18. The summed E-state index contributed by atoms with van der Waals surface area (Å²) >= 11 is 0. The Labute approximate surface area is 126 Å². The molecule has 0 aliphatic heterocycles. The number of carbonyl (C=O) groups excluding carboxylic acids is 1. The molecule has 22 heavy (non-hydrogen) atoms. The number of aromatic nitrogens is 2. The third-order valence-corrected chi connectivity index (χ3v) is 2.77. The van der Waals surface area contributed by atoms with Crippen LogP contribution in [0.4, 0.5) is 5.69 Å². The molecule has 1 aromatic heterocycles. The molecule has 0 aliphatic rings. The van der Waals surface area contributed by atoms with Gasteiger partial charge in [-0.05, 0) is 18.6 Å². The van der Waals surface area contributed by atoms with Crippen molar-refractivity contribution in [3.8, 4) is 0 Å². The topological polar surface area (TPSA) is 118 Å². The van der Waals surface area contributed by atoms with Crippen molar-refractivity contribution in [2.75, 3.05) is 12.8 Å². The molecule has 2 rings (SSSR count). The summed E-state index contributed by atoms with van der Waals surface area (Å²) in [7, 11) is 1.33. The van der Waals surface area contributed by atoms with Gasteiger partial charge in [-0.2, -0.15) is 0 Å². The molecule has 0 atom stereocenters. The fraction of sp³-hybridized carbons (Fsp3) is 0.133. The summed E-state index contributed by atoms with van der Waals surface area (Å²) in [5.74, 6) is -0.347. The Kier molecular flexibility index (Phi) is 5.45. The van der Waals surface area contributed by atoms with Gasteiger partial charge in [0, 0.05) is 11.3 Å². The largest absolute Gasteiger partial charge is 0.466 e. The minimum Gasteiger partial charge on any atom is -0.466 e. The summed E-state index contributed by atoms with van der Waals surface area (Å²) in [5.41, 5.74) is 6.15. The number of aromatic amines is 2. The lowest BCUT2D eigenvalue weighted by atomic mass is 10.1. The first-order valence-electron chi connectivity index (χ1n) is 6.22. The number of hydrogen-bond donors (Lipinski definition) is 3. The van der Waals surface area contributed by atoms with Crippen molar-refractivity contribution in [1.82, 2.24) is 10.2 Å². The summed E-state index contributed by atoms with van der Waals surface area (Å²) in [6, 6.07) is 3.23. The van der Waals surface area contributed by atoms with Gasteiger partial charge in [0.05, 0.1) is 17.9 Å². The van der Waals surface area contributed by atoms with E-state index in [1.54, 1.807) is 19.1 Å². The van der Waals surface area contributed by atoms with Crippen LogP contribution < -0.4 is 16.9 Å². The van der Waals surface area contributed by atoms with Gasteiger partial charge in [-0.3, -0.25) is 19.8 Å². The second kappa shape index (κ2) is 7.07. The van der Waals surface area contributed by atoms with Gasteiger partial charge in [0.15, 0.2) is 0 Å². The van der Waals surface area contributed by atoms with Crippen LogP contribution in [0.25, 0.3) is 16.8 Å². The number of benzene rings is 1. The van der Waals surface area contributed by atoms with Crippen molar-refractivity contribution >= 4 is 28.5 Å². The van der Waals surface area contributed by atoms with Crippen molar-refractivity contribution < 1.29 is 9.53 Å². The van der Waals surface area contributed by atoms with E-state index in [9.17, 15) is 14.4 Å². The lowest BCUT2D eigenvalue weighted by Crippen LogP contribution is -2.20. The highest BCUT2D eigenvalue weighted by molar-refractivity contribution is 5.96. The van der Waals surface area contributed by atoms with Gasteiger partial charge in [0.25, 0.3) is 11.1 Å². The van der Waals surface area contributed by atoms with Gasteiger partial charge < -0.3 is 10.5 Å². The molecule has 7 heteroatoms. The Bertz CT molecular complexity index is 846. The quantitative estimate of drug-likeness (QED) is 0.437. The third kappa shape index (κ3) is 3.51. The van der Waals surface area contributed by atoms with Gasteiger partial charge in [0.2, 0.25) is 0 Å². The molecule has 0 fully saturated rings. The van der Waals surface area contributed by atoms with Gasteiger partial charge in [-0.25, -0.2) is 4.79 Å². The first-order chi connectivity index (χ1) is 10.3. The molecule has 0 spiro atoms. The number of nitrogens with one attached hydrogen (secondary N) is 2. The van der Waals surface area contributed by atoms with Crippen LogP contribution in [0.3, 0.4) is 0 Å². The fourth-order valence-corrected chi connectivity index (χ4v) is 1.71. The van der Waals surface area contributed by atoms with Gasteiger partial charge in [-0.15, -0.1) is 0 Å². The monoisotopic (exact) mass is 303 g/mol. The molecule has 1 aromatic carbocycles. The molecule has 4 N–H and O–H groups in total. The molecule has 1 heterocycles. The number of methoxy groups -OCH3 is 1. The van der Waals surface area contributed by atoms with Crippen molar-refractivity contribution in [1.29, 1.82) is 0 Å². The SMILES string of the molecule is C=C(C)C(=O)OC.C=Cc1ccc(N)c2c(=O)[nH][nH]c(=O)c12. The van der Waals surface area contributed by atoms with E-state index in [-0.39, 0.29) is 28.0 Å². The summed E-state index contributed by atoms with van der Waals surface area (Å²) in [6.07, 6.45) is 1.51. The molecule has 0 radical (unpaired) electrons. The Morgan fingerprint density at radius 2 is 1.77 bits per heavy atom. The Balaban J connectivity index is 0.000000295. The van der Waals surface area contributed by atoms with E-state index in [2.05, 4.69) is 28.1 Å². The van der Waals surface area contributed by atoms with E-state index in [4.69, 9.17) is 5.73 Å². The molecule has 7 nitrogen and oxygen atoms in total. The minimum atomic E-state index is -0.411. The number of anilines is 1. The standard InChI is InChI=1S/C10H9N3O2.C5H8O2/c1-2-5-3-4-6(11)8-7(5)9(14)12-13-10(8)15;1-4(2)5(6)7-3/h2-4H,1,11H2,(H,12,14)(H,13,15);1H2,2-3H3. The number of ether oxygens (including phenoxy) is 1. The fourth-order valence-electron chi connectivity index (χ4n) is 1.71. The molecule has 0 unspecified atom stereocenters. The lowest BCUT2D eigenvalue weighted by Gasteiger charge is -2.02. The molecular weight excluding hydrogens is 286 g/mol. The molecule has 116 valence electrons. The number of nitrogens with two attached hydrogens (primary N) is 1. The summed E-state index contributed by atoms with van der Waals surface area (Å²) in [6.45, 7) is 8.53. The first-order valence-corrected chi connectivity index (χ1v) is 6.22. The van der Waals surface area contributed by atoms with E-state index < -0.39 is 5.56 Å². The maximum absolute atomic E-state index is 11.5. The Morgan fingerprint density at radius 1 is 1.23 bits per heavy atom.